The summed E-state index contributed by atoms with van der Waals surface area (Å²) in [5.74, 6) is 1.23. The van der Waals surface area contributed by atoms with Crippen LogP contribution in [0.2, 0.25) is 0 Å². The molecule has 2 aliphatic heterocycles. The van der Waals surface area contributed by atoms with E-state index in [0.29, 0.717) is 6.42 Å². The van der Waals surface area contributed by atoms with Crippen LogP contribution in [0.15, 0.2) is 18.3 Å². The van der Waals surface area contributed by atoms with E-state index < -0.39 is 0 Å². The first kappa shape index (κ1) is 18.2. The molecule has 2 saturated heterocycles. The smallest absolute Gasteiger partial charge is 0.220 e. The normalized spacial score (nSPS) is 19.0. The molecule has 1 amide bonds. The average molecular weight is 345 g/mol. The number of anilines is 1. The third kappa shape index (κ3) is 5.99. The van der Waals surface area contributed by atoms with Gasteiger partial charge in [-0.05, 0) is 62.9 Å². The Hall–Kier alpha value is -1.62. The van der Waals surface area contributed by atoms with Gasteiger partial charge in [0.05, 0.1) is 0 Å². The van der Waals surface area contributed by atoms with Crippen molar-refractivity contribution in [3.8, 4) is 0 Å². The molecule has 1 aromatic rings. The fraction of sp³-hybridized carbons (Fsp3) is 0.700. The molecule has 1 N–H and O–H groups in total. The zero-order valence-electron chi connectivity index (χ0n) is 15.4. The van der Waals surface area contributed by atoms with Crippen molar-refractivity contribution in [2.75, 3.05) is 44.2 Å². The third-order valence-corrected chi connectivity index (χ3v) is 5.33. The predicted octanol–water partition coefficient (Wildman–Crippen LogP) is 2.61. The van der Waals surface area contributed by atoms with Crippen LogP contribution in [0.4, 0.5) is 5.82 Å². The van der Waals surface area contributed by atoms with E-state index >= 15 is 0 Å². The first-order chi connectivity index (χ1) is 12.3. The highest BCUT2D eigenvalue weighted by molar-refractivity contribution is 5.76. The van der Waals surface area contributed by atoms with E-state index in [1.54, 1.807) is 0 Å². The predicted molar refractivity (Wildman–Crippen MR) is 102 cm³/mol. The zero-order valence-corrected chi connectivity index (χ0v) is 15.4. The first-order valence-corrected chi connectivity index (χ1v) is 10.0. The molecule has 0 radical (unpaired) electrons. The van der Waals surface area contributed by atoms with Crippen molar-refractivity contribution in [2.24, 2.45) is 0 Å². The maximum Gasteiger partial charge on any atom is 0.220 e. The van der Waals surface area contributed by atoms with Crippen LogP contribution in [-0.4, -0.2) is 55.1 Å². The molecular weight excluding hydrogens is 312 g/mol. The lowest BCUT2D eigenvalue weighted by Gasteiger charge is -2.19. The maximum atomic E-state index is 12.1. The third-order valence-electron chi connectivity index (χ3n) is 5.33. The van der Waals surface area contributed by atoms with Crippen LogP contribution in [0.5, 0.6) is 0 Å². The maximum absolute atomic E-state index is 12.1. The number of amides is 1. The van der Waals surface area contributed by atoms with Crippen LogP contribution in [0.25, 0.3) is 0 Å². The largest absolute Gasteiger partial charge is 0.357 e. The number of hydrogen-bond donors (Lipinski definition) is 1. The monoisotopic (exact) mass is 344 g/mol. The lowest BCUT2D eigenvalue weighted by Crippen LogP contribution is -2.35. The number of aryl methyl sites for hydroxylation is 1. The summed E-state index contributed by atoms with van der Waals surface area (Å²) in [4.78, 5) is 21.4. The van der Waals surface area contributed by atoms with Gasteiger partial charge in [0.2, 0.25) is 5.91 Å². The molecule has 0 bridgehead atoms. The number of likely N-dealkylation sites (tertiary alicyclic amines) is 1. The molecular formula is C20H32N4O. The van der Waals surface area contributed by atoms with Gasteiger partial charge in [0.25, 0.3) is 0 Å². The Balaban J connectivity index is 1.36. The molecule has 5 heteroatoms. The molecule has 0 atom stereocenters. The molecule has 0 spiro atoms. The topological polar surface area (TPSA) is 48.5 Å². The summed E-state index contributed by atoms with van der Waals surface area (Å²) in [5.41, 5.74) is 1.21. The number of nitrogens with one attached hydrogen (secondary N) is 1. The molecule has 5 nitrogen and oxygen atoms in total. The fourth-order valence-corrected chi connectivity index (χ4v) is 3.79. The van der Waals surface area contributed by atoms with Crippen molar-refractivity contribution in [2.45, 2.75) is 51.4 Å². The summed E-state index contributed by atoms with van der Waals surface area (Å²) in [6, 6.07) is 4.18. The molecule has 0 aromatic carbocycles. The Labute approximate surface area is 151 Å². The van der Waals surface area contributed by atoms with Gasteiger partial charge in [-0.25, -0.2) is 4.98 Å². The number of rotatable bonds is 7. The molecule has 2 fully saturated rings. The number of carbonyl (C=O) groups is 1. The van der Waals surface area contributed by atoms with Gasteiger partial charge in [-0.2, -0.15) is 0 Å². The van der Waals surface area contributed by atoms with E-state index in [1.165, 1.54) is 57.2 Å². The second-order valence-electron chi connectivity index (χ2n) is 7.32. The van der Waals surface area contributed by atoms with Crippen LogP contribution in [-0.2, 0) is 11.2 Å². The van der Waals surface area contributed by atoms with E-state index in [2.05, 4.69) is 26.2 Å². The minimum Gasteiger partial charge on any atom is -0.357 e. The van der Waals surface area contributed by atoms with Gasteiger partial charge in [0, 0.05) is 38.8 Å². The fourth-order valence-electron chi connectivity index (χ4n) is 3.79. The first-order valence-electron chi connectivity index (χ1n) is 10.0. The van der Waals surface area contributed by atoms with E-state index in [9.17, 15) is 4.79 Å². The molecule has 0 aliphatic carbocycles. The summed E-state index contributed by atoms with van der Waals surface area (Å²) in [6.45, 7) is 6.34. The van der Waals surface area contributed by atoms with Crippen LogP contribution in [0.1, 0.15) is 50.5 Å². The van der Waals surface area contributed by atoms with E-state index in [4.69, 9.17) is 0 Å². The number of aromatic nitrogens is 1. The second-order valence-corrected chi connectivity index (χ2v) is 7.32. The molecule has 25 heavy (non-hydrogen) atoms. The van der Waals surface area contributed by atoms with Gasteiger partial charge in [0.15, 0.2) is 0 Å². The van der Waals surface area contributed by atoms with Gasteiger partial charge >= 0.3 is 0 Å². The average Bonchev–Trinajstić information content (AvgIpc) is 3.05. The van der Waals surface area contributed by atoms with Crippen LogP contribution in [0.3, 0.4) is 0 Å². The van der Waals surface area contributed by atoms with E-state index in [0.717, 1.165) is 38.4 Å². The molecule has 3 heterocycles. The molecule has 3 rings (SSSR count). The Bertz CT molecular complexity index is 534. The highest BCUT2D eigenvalue weighted by Gasteiger charge is 2.14. The Kier molecular flexibility index (Phi) is 7.10. The van der Waals surface area contributed by atoms with Gasteiger partial charge in [-0.15, -0.1) is 0 Å². The minimum atomic E-state index is 0.161. The Morgan fingerprint density at radius 2 is 1.76 bits per heavy atom. The van der Waals surface area contributed by atoms with Crippen molar-refractivity contribution in [1.29, 1.82) is 0 Å². The summed E-state index contributed by atoms with van der Waals surface area (Å²) in [5, 5.41) is 3.08. The minimum absolute atomic E-state index is 0.161. The number of carbonyl (C=O) groups excluding carboxylic acids is 1. The van der Waals surface area contributed by atoms with Crippen molar-refractivity contribution >= 4 is 11.7 Å². The van der Waals surface area contributed by atoms with Crippen LogP contribution in [0, 0.1) is 0 Å². The summed E-state index contributed by atoms with van der Waals surface area (Å²) >= 11 is 0. The van der Waals surface area contributed by atoms with Crippen molar-refractivity contribution < 1.29 is 4.79 Å². The zero-order chi connectivity index (χ0) is 17.3. The molecule has 2 aliphatic rings. The SMILES string of the molecule is O=C(CCc1ccnc(N2CCCC2)c1)NCCN1CCCCCC1. The van der Waals surface area contributed by atoms with Gasteiger partial charge in [-0.3, -0.25) is 4.79 Å². The lowest BCUT2D eigenvalue weighted by molar-refractivity contribution is -0.121. The summed E-state index contributed by atoms with van der Waals surface area (Å²) < 4.78 is 0. The lowest BCUT2D eigenvalue weighted by atomic mass is 10.1. The number of hydrogen-bond acceptors (Lipinski definition) is 4. The second kappa shape index (κ2) is 9.76. The molecule has 138 valence electrons. The number of pyridine rings is 1. The van der Waals surface area contributed by atoms with Crippen molar-refractivity contribution in [3.05, 3.63) is 23.9 Å². The van der Waals surface area contributed by atoms with Crippen LogP contribution < -0.4 is 10.2 Å². The van der Waals surface area contributed by atoms with Crippen molar-refractivity contribution in [1.82, 2.24) is 15.2 Å². The van der Waals surface area contributed by atoms with Gasteiger partial charge < -0.3 is 15.1 Å². The highest BCUT2D eigenvalue weighted by atomic mass is 16.1. The molecule has 0 saturated carbocycles. The van der Waals surface area contributed by atoms with Gasteiger partial charge in [-0.1, -0.05) is 12.8 Å². The van der Waals surface area contributed by atoms with Crippen molar-refractivity contribution in [3.63, 3.8) is 0 Å². The van der Waals surface area contributed by atoms with Gasteiger partial charge in [0.1, 0.15) is 5.82 Å². The number of nitrogens with zero attached hydrogens (tertiary/aromatic N) is 3. The standard InChI is InChI=1S/C20H32N4O/c25-20(22-11-16-23-12-3-1-2-4-13-23)8-7-18-9-10-21-19(17-18)24-14-5-6-15-24/h9-10,17H,1-8,11-16H2,(H,22,25). The highest BCUT2D eigenvalue weighted by Crippen LogP contribution is 2.19. The van der Waals surface area contributed by atoms with Crippen LogP contribution >= 0.6 is 0 Å². The van der Waals surface area contributed by atoms with E-state index in [-0.39, 0.29) is 5.91 Å². The Morgan fingerprint density at radius 1 is 1.04 bits per heavy atom. The summed E-state index contributed by atoms with van der Waals surface area (Å²) in [7, 11) is 0. The van der Waals surface area contributed by atoms with E-state index in [1.807, 2.05) is 12.3 Å². The quantitative estimate of drug-likeness (QED) is 0.826. The Morgan fingerprint density at radius 3 is 2.52 bits per heavy atom. The molecule has 1 aromatic heterocycles. The summed E-state index contributed by atoms with van der Waals surface area (Å²) in [6.07, 6.45) is 11.0. The molecule has 0 unspecified atom stereocenters.